The van der Waals surface area contributed by atoms with Crippen LogP contribution in [0.5, 0.6) is 0 Å². The molecule has 0 radical (unpaired) electrons. The number of likely N-dealkylation sites (tertiary alicyclic amines) is 1. The number of ether oxygens (including phenoxy) is 1. The van der Waals surface area contributed by atoms with Gasteiger partial charge in [-0.3, -0.25) is 19.2 Å². The van der Waals surface area contributed by atoms with Gasteiger partial charge in [0.25, 0.3) is 5.91 Å². The van der Waals surface area contributed by atoms with Gasteiger partial charge in [0.05, 0.1) is 17.7 Å². The van der Waals surface area contributed by atoms with Gasteiger partial charge < -0.3 is 25.6 Å². The predicted octanol–water partition coefficient (Wildman–Crippen LogP) is 5.15. The maximum atomic E-state index is 14.6. The molecule has 46 heavy (non-hydrogen) atoms. The molecule has 10 nitrogen and oxygen atoms in total. The average Bonchev–Trinajstić information content (AvgIpc) is 3.39. The Labute approximate surface area is 272 Å². The van der Waals surface area contributed by atoms with Crippen LogP contribution in [0.15, 0.2) is 55.1 Å². The maximum absolute atomic E-state index is 14.6. The molecule has 0 spiro atoms. The number of Topliss-reactive ketones (excluding diaryl/α,β-unsaturated/α-hetero) is 2. The van der Waals surface area contributed by atoms with Crippen LogP contribution < -0.4 is 16.0 Å². The molecule has 1 saturated heterocycles. The van der Waals surface area contributed by atoms with Crippen molar-refractivity contribution in [1.29, 1.82) is 0 Å². The number of hydrogen-bond acceptors (Lipinski definition) is 6. The Bertz CT molecular complexity index is 1430. The van der Waals surface area contributed by atoms with E-state index >= 15 is 0 Å². The zero-order chi connectivity index (χ0) is 34.2. The Hall–Kier alpha value is -4.05. The van der Waals surface area contributed by atoms with Crippen molar-refractivity contribution in [3.63, 3.8) is 0 Å². The largest absolute Gasteiger partial charge is 0.371 e. The average molecular weight is 635 g/mol. The van der Waals surface area contributed by atoms with Crippen LogP contribution >= 0.6 is 0 Å². The number of rotatable bonds is 13. The van der Waals surface area contributed by atoms with Gasteiger partial charge in [-0.05, 0) is 70.7 Å². The summed E-state index contributed by atoms with van der Waals surface area (Å²) in [5.74, 6) is -2.27. The molecule has 10 heteroatoms. The summed E-state index contributed by atoms with van der Waals surface area (Å²) in [4.78, 5) is 68.8. The lowest BCUT2D eigenvalue weighted by Gasteiger charge is -2.31. The topological polar surface area (TPSA) is 134 Å². The fourth-order valence-electron chi connectivity index (χ4n) is 5.70. The van der Waals surface area contributed by atoms with Crippen molar-refractivity contribution in [2.24, 2.45) is 0 Å². The molecule has 1 aliphatic heterocycles. The Morgan fingerprint density at radius 2 is 1.67 bits per heavy atom. The van der Waals surface area contributed by atoms with Crippen LogP contribution in [0, 0.1) is 0 Å². The van der Waals surface area contributed by atoms with E-state index in [1.807, 2.05) is 84.9 Å². The lowest BCUT2D eigenvalue weighted by Crippen LogP contribution is -2.55. The predicted molar refractivity (Wildman–Crippen MR) is 179 cm³/mol. The lowest BCUT2D eigenvalue weighted by molar-refractivity contribution is -0.142. The number of nitrogens with zero attached hydrogens (tertiary/aromatic N) is 1. The number of urea groups is 1. The zero-order valence-corrected chi connectivity index (χ0v) is 28.3. The van der Waals surface area contributed by atoms with Gasteiger partial charge >= 0.3 is 6.03 Å². The molecule has 1 aliphatic rings. The van der Waals surface area contributed by atoms with E-state index in [9.17, 15) is 24.0 Å². The number of fused-ring (bicyclic) bond motifs is 1. The van der Waals surface area contributed by atoms with Crippen LogP contribution in [0.25, 0.3) is 10.8 Å². The molecular formula is C36H50N4O6. The Balaban J connectivity index is 2.02. The molecule has 4 atom stereocenters. The van der Waals surface area contributed by atoms with E-state index < -0.39 is 64.8 Å². The molecule has 4 unspecified atom stereocenters. The normalized spacial score (nSPS) is 18.0. The summed E-state index contributed by atoms with van der Waals surface area (Å²) in [7, 11) is 0. The number of ketones is 2. The summed E-state index contributed by atoms with van der Waals surface area (Å²) in [6, 6.07) is 9.44. The summed E-state index contributed by atoms with van der Waals surface area (Å²) in [6.07, 6.45) is 2.49. The quantitative estimate of drug-likeness (QED) is 0.206. The van der Waals surface area contributed by atoms with Crippen LogP contribution in [0.3, 0.4) is 0 Å². The fourth-order valence-corrected chi connectivity index (χ4v) is 5.70. The first-order valence-electron chi connectivity index (χ1n) is 16.1. The third-order valence-electron chi connectivity index (χ3n) is 7.57. The fraction of sp³-hybridized carbons (Fsp3) is 0.528. The van der Waals surface area contributed by atoms with Crippen LogP contribution in [0.4, 0.5) is 4.79 Å². The molecular weight excluding hydrogens is 584 g/mol. The summed E-state index contributed by atoms with van der Waals surface area (Å²) < 4.78 is 6.24. The molecule has 0 aliphatic carbocycles. The number of carbonyl (C=O) groups excluding carboxylic acids is 5. The van der Waals surface area contributed by atoms with Gasteiger partial charge in [0, 0.05) is 24.9 Å². The monoisotopic (exact) mass is 634 g/mol. The Morgan fingerprint density at radius 3 is 2.30 bits per heavy atom. The summed E-state index contributed by atoms with van der Waals surface area (Å²) >= 11 is 0. The van der Waals surface area contributed by atoms with Crippen molar-refractivity contribution < 1.29 is 28.7 Å². The van der Waals surface area contributed by atoms with Crippen molar-refractivity contribution in [1.82, 2.24) is 20.9 Å². The molecule has 0 saturated carbocycles. The molecule has 2 aromatic rings. The van der Waals surface area contributed by atoms with Crippen LogP contribution in [0.1, 0.15) is 92.2 Å². The number of nitrogens with one attached hydrogen (secondary N) is 3. The second-order valence-corrected chi connectivity index (χ2v) is 13.9. The van der Waals surface area contributed by atoms with Crippen LogP contribution in [-0.2, 0) is 23.9 Å². The first-order chi connectivity index (χ1) is 21.5. The molecule has 3 rings (SSSR count). The summed E-state index contributed by atoms with van der Waals surface area (Å²) in [6.45, 7) is 16.8. The van der Waals surface area contributed by atoms with Crippen LogP contribution in [-0.4, -0.2) is 70.2 Å². The second-order valence-electron chi connectivity index (χ2n) is 13.9. The maximum Gasteiger partial charge on any atom is 0.316 e. The third-order valence-corrected chi connectivity index (χ3v) is 7.57. The Kier molecular flexibility index (Phi) is 12.3. The highest BCUT2D eigenvalue weighted by Gasteiger charge is 2.45. The van der Waals surface area contributed by atoms with E-state index in [-0.39, 0.29) is 25.8 Å². The highest BCUT2D eigenvalue weighted by molar-refractivity contribution is 6.39. The smallest absolute Gasteiger partial charge is 0.316 e. The van der Waals surface area contributed by atoms with E-state index in [2.05, 4.69) is 22.5 Å². The van der Waals surface area contributed by atoms with Crippen molar-refractivity contribution in [2.75, 3.05) is 6.54 Å². The van der Waals surface area contributed by atoms with Gasteiger partial charge in [-0.2, -0.15) is 0 Å². The third kappa shape index (κ3) is 9.97. The molecule has 2 aromatic carbocycles. The molecule has 1 fully saturated rings. The van der Waals surface area contributed by atoms with Gasteiger partial charge in [-0.25, -0.2) is 4.79 Å². The van der Waals surface area contributed by atoms with E-state index in [0.717, 1.165) is 10.8 Å². The SMILES string of the molecule is C=CCCC(=O)C(=O)C(CCC)NC(=O)C1CC(OC(C)(C)C)CN1C(=O)C(NC(=O)NC(C)(C)C)c1cccc2ccccc12. The number of carbonyl (C=O) groups is 5. The number of allylic oxidation sites excluding steroid dienone is 1. The minimum absolute atomic E-state index is 0.0168. The highest BCUT2D eigenvalue weighted by atomic mass is 16.5. The Morgan fingerprint density at radius 1 is 1.00 bits per heavy atom. The first kappa shape index (κ1) is 36.4. The van der Waals surface area contributed by atoms with E-state index in [4.69, 9.17) is 4.74 Å². The standard InChI is InChI=1S/C36H50N4O6/c1-9-11-20-29(41)31(42)27(15-10-2)37-32(43)28-21-24(46-36(6,7)8)22-40(28)33(44)30(38-34(45)39-35(3,4)5)26-19-14-17-23-16-12-13-18-25(23)26/h9,12-14,16-19,24,27-28,30H,1,10-11,15,20-22H2,2-8H3,(H,37,43)(H2,38,39,45). The lowest BCUT2D eigenvalue weighted by atomic mass is 9.97. The zero-order valence-electron chi connectivity index (χ0n) is 28.3. The highest BCUT2D eigenvalue weighted by Crippen LogP contribution is 2.31. The van der Waals surface area contributed by atoms with E-state index in [1.54, 1.807) is 12.1 Å². The van der Waals surface area contributed by atoms with Crippen molar-refractivity contribution in [2.45, 2.75) is 116 Å². The first-order valence-corrected chi connectivity index (χ1v) is 16.1. The molecule has 0 bridgehead atoms. The molecule has 250 valence electrons. The van der Waals surface area contributed by atoms with E-state index in [0.29, 0.717) is 18.4 Å². The minimum Gasteiger partial charge on any atom is -0.371 e. The second kappa shape index (κ2) is 15.5. The van der Waals surface area contributed by atoms with Crippen LogP contribution in [0.2, 0.25) is 0 Å². The molecule has 3 N–H and O–H groups in total. The van der Waals surface area contributed by atoms with Gasteiger partial charge in [0.1, 0.15) is 12.1 Å². The van der Waals surface area contributed by atoms with Crippen molar-refractivity contribution >= 4 is 40.2 Å². The van der Waals surface area contributed by atoms with Crippen molar-refractivity contribution in [3.05, 3.63) is 60.7 Å². The van der Waals surface area contributed by atoms with Crippen molar-refractivity contribution in [3.8, 4) is 0 Å². The van der Waals surface area contributed by atoms with E-state index in [1.165, 1.54) is 4.90 Å². The summed E-state index contributed by atoms with van der Waals surface area (Å²) in [5.41, 5.74) is -0.538. The van der Waals surface area contributed by atoms with Gasteiger partial charge in [-0.15, -0.1) is 6.58 Å². The van der Waals surface area contributed by atoms with Gasteiger partial charge in [-0.1, -0.05) is 61.9 Å². The summed E-state index contributed by atoms with van der Waals surface area (Å²) in [5, 5.41) is 10.2. The minimum atomic E-state index is -1.13. The number of hydrogen-bond donors (Lipinski definition) is 3. The number of amides is 4. The molecule has 1 heterocycles. The van der Waals surface area contributed by atoms with Gasteiger partial charge in [0.15, 0.2) is 0 Å². The molecule has 4 amide bonds. The van der Waals surface area contributed by atoms with Gasteiger partial charge in [0.2, 0.25) is 17.5 Å². The number of benzene rings is 2. The molecule has 0 aromatic heterocycles.